The number of aromatic nitrogens is 2. The molecule has 31 heavy (non-hydrogen) atoms. The van der Waals surface area contributed by atoms with E-state index in [9.17, 15) is 9.59 Å². The van der Waals surface area contributed by atoms with Crippen molar-refractivity contribution in [3.05, 3.63) is 47.3 Å². The van der Waals surface area contributed by atoms with Crippen LogP contribution in [0.5, 0.6) is 0 Å². The molecule has 166 valence electrons. The maximum atomic E-state index is 13.3. The normalized spacial score (nSPS) is 24.5. The van der Waals surface area contributed by atoms with Crippen LogP contribution in [0.3, 0.4) is 0 Å². The van der Waals surface area contributed by atoms with Crippen LogP contribution >= 0.6 is 0 Å². The van der Waals surface area contributed by atoms with Crippen molar-refractivity contribution in [2.75, 3.05) is 26.2 Å². The molecule has 3 atom stereocenters. The van der Waals surface area contributed by atoms with Crippen LogP contribution < -0.4 is 0 Å². The molecular formula is C24H32N4O3. The molecule has 2 fully saturated rings. The number of morpholine rings is 1. The van der Waals surface area contributed by atoms with E-state index in [2.05, 4.69) is 23.8 Å². The summed E-state index contributed by atoms with van der Waals surface area (Å²) in [4.78, 5) is 30.7. The highest BCUT2D eigenvalue weighted by Gasteiger charge is 2.37. The van der Waals surface area contributed by atoms with E-state index < -0.39 is 11.7 Å². The fourth-order valence-corrected chi connectivity index (χ4v) is 5.05. The van der Waals surface area contributed by atoms with E-state index in [0.29, 0.717) is 23.5 Å². The molecule has 2 aliphatic heterocycles. The molecule has 1 amide bonds. The average Bonchev–Trinajstić information content (AvgIpc) is 3.30. The topological polar surface area (TPSA) is 67.7 Å². The number of likely N-dealkylation sites (tertiary alicyclic amines) is 1. The Balaban J connectivity index is 1.51. The summed E-state index contributed by atoms with van der Waals surface area (Å²) < 4.78 is 7.57. The molecule has 4 rings (SSSR count). The van der Waals surface area contributed by atoms with Crippen molar-refractivity contribution in [1.29, 1.82) is 0 Å². The first kappa shape index (κ1) is 21.7. The third-order valence-electron chi connectivity index (χ3n) is 6.32. The average molecular weight is 425 g/mol. The molecule has 2 aromatic rings. The summed E-state index contributed by atoms with van der Waals surface area (Å²) in [5, 5.41) is 4.54. The van der Waals surface area contributed by atoms with Gasteiger partial charge in [0.25, 0.3) is 11.7 Å². The zero-order valence-corrected chi connectivity index (χ0v) is 18.9. The van der Waals surface area contributed by atoms with Crippen LogP contribution in [0.1, 0.15) is 48.4 Å². The number of ether oxygens (including phenoxy) is 1. The lowest BCUT2D eigenvalue weighted by Crippen LogP contribution is -2.51. The van der Waals surface area contributed by atoms with Crippen LogP contribution in [0, 0.1) is 13.8 Å². The van der Waals surface area contributed by atoms with Crippen molar-refractivity contribution >= 4 is 11.7 Å². The van der Waals surface area contributed by atoms with Crippen molar-refractivity contribution in [3.63, 3.8) is 0 Å². The van der Waals surface area contributed by atoms with E-state index in [1.807, 2.05) is 37.3 Å². The SMILES string of the molecule is Cc1nn(-c2ccccc2)c(C)c1C(=O)C(=O)N1CCC[C@@H]1CN1C[C@H](C)O[C@@H](C)C1. The number of nitrogens with zero attached hydrogens (tertiary/aromatic N) is 4. The Labute approximate surface area is 184 Å². The number of ketones is 1. The number of carbonyl (C=O) groups is 2. The Hall–Kier alpha value is -2.51. The number of aryl methyl sites for hydroxylation is 1. The molecule has 1 aromatic heterocycles. The minimum atomic E-state index is -0.451. The highest BCUT2D eigenvalue weighted by atomic mass is 16.5. The van der Waals surface area contributed by atoms with Gasteiger partial charge in [0.1, 0.15) is 0 Å². The molecular weight excluding hydrogens is 392 g/mol. The Morgan fingerprint density at radius 3 is 2.45 bits per heavy atom. The van der Waals surface area contributed by atoms with E-state index in [1.165, 1.54) is 0 Å². The molecule has 0 aliphatic carbocycles. The molecule has 0 bridgehead atoms. The molecule has 0 radical (unpaired) electrons. The van der Waals surface area contributed by atoms with Crippen molar-refractivity contribution in [3.8, 4) is 5.69 Å². The Morgan fingerprint density at radius 1 is 1.10 bits per heavy atom. The van der Waals surface area contributed by atoms with Gasteiger partial charge in [-0.25, -0.2) is 4.68 Å². The van der Waals surface area contributed by atoms with Gasteiger partial charge in [-0.3, -0.25) is 14.5 Å². The second-order valence-corrected chi connectivity index (χ2v) is 8.89. The lowest BCUT2D eigenvalue weighted by molar-refractivity contribution is -0.128. The first-order valence-corrected chi connectivity index (χ1v) is 11.2. The largest absolute Gasteiger partial charge is 0.373 e. The summed E-state index contributed by atoms with van der Waals surface area (Å²) in [6.45, 7) is 11.0. The number of rotatable bonds is 5. The number of hydrogen-bond donors (Lipinski definition) is 0. The first-order valence-electron chi connectivity index (χ1n) is 11.2. The van der Waals surface area contributed by atoms with Crippen LogP contribution in [-0.2, 0) is 9.53 Å². The van der Waals surface area contributed by atoms with Gasteiger partial charge in [-0.1, -0.05) is 18.2 Å². The number of carbonyl (C=O) groups excluding carboxylic acids is 2. The molecule has 0 spiro atoms. The lowest BCUT2D eigenvalue weighted by Gasteiger charge is -2.38. The molecule has 1 aromatic carbocycles. The maximum absolute atomic E-state index is 13.3. The summed E-state index contributed by atoms with van der Waals surface area (Å²) >= 11 is 0. The predicted octanol–water partition coefficient (Wildman–Crippen LogP) is 2.77. The van der Waals surface area contributed by atoms with Gasteiger partial charge in [-0.15, -0.1) is 0 Å². The van der Waals surface area contributed by atoms with Gasteiger partial charge < -0.3 is 9.64 Å². The second kappa shape index (κ2) is 8.93. The van der Waals surface area contributed by atoms with Crippen molar-refractivity contribution in [1.82, 2.24) is 19.6 Å². The smallest absolute Gasteiger partial charge is 0.295 e. The van der Waals surface area contributed by atoms with E-state index in [-0.39, 0.29) is 18.2 Å². The molecule has 3 heterocycles. The molecule has 0 N–H and O–H groups in total. The molecule has 0 saturated carbocycles. The molecule has 2 aliphatic rings. The fourth-order valence-electron chi connectivity index (χ4n) is 5.05. The quantitative estimate of drug-likeness (QED) is 0.545. The fraction of sp³-hybridized carbons (Fsp3) is 0.542. The van der Waals surface area contributed by atoms with Gasteiger partial charge in [0, 0.05) is 32.2 Å². The Bertz CT molecular complexity index is 945. The number of benzene rings is 1. The summed E-state index contributed by atoms with van der Waals surface area (Å²) in [6, 6.07) is 9.75. The van der Waals surface area contributed by atoms with Crippen LogP contribution in [0.2, 0.25) is 0 Å². The maximum Gasteiger partial charge on any atom is 0.295 e. The van der Waals surface area contributed by atoms with Crippen molar-refractivity contribution < 1.29 is 14.3 Å². The van der Waals surface area contributed by atoms with Gasteiger partial charge in [0.15, 0.2) is 0 Å². The third-order valence-corrected chi connectivity index (χ3v) is 6.32. The molecule has 0 unspecified atom stereocenters. The van der Waals surface area contributed by atoms with Gasteiger partial charge in [-0.05, 0) is 52.7 Å². The van der Waals surface area contributed by atoms with Gasteiger partial charge in [0.05, 0.1) is 34.8 Å². The molecule has 2 saturated heterocycles. The summed E-state index contributed by atoms with van der Waals surface area (Å²) in [6.07, 6.45) is 2.23. The highest BCUT2D eigenvalue weighted by Crippen LogP contribution is 2.24. The number of Topliss-reactive ketones (excluding diaryl/α,β-unsaturated/α-hetero) is 1. The van der Waals surface area contributed by atoms with E-state index in [4.69, 9.17) is 4.74 Å². The summed E-state index contributed by atoms with van der Waals surface area (Å²) in [5.41, 5.74) is 2.59. The number of amides is 1. The number of hydrogen-bond acceptors (Lipinski definition) is 5. The van der Waals surface area contributed by atoms with E-state index in [1.54, 1.807) is 16.5 Å². The van der Waals surface area contributed by atoms with Gasteiger partial charge in [0.2, 0.25) is 0 Å². The zero-order chi connectivity index (χ0) is 22.1. The van der Waals surface area contributed by atoms with E-state index in [0.717, 1.165) is 38.2 Å². The van der Waals surface area contributed by atoms with E-state index >= 15 is 0 Å². The number of para-hydroxylation sites is 1. The van der Waals surface area contributed by atoms with Crippen LogP contribution in [0.25, 0.3) is 5.69 Å². The highest BCUT2D eigenvalue weighted by molar-refractivity contribution is 6.43. The predicted molar refractivity (Wildman–Crippen MR) is 119 cm³/mol. The molecule has 7 nitrogen and oxygen atoms in total. The standard InChI is InChI=1S/C24H32N4O3/c1-16-13-26(14-17(2)31-16)15-21-11-8-12-27(21)24(30)23(29)22-18(3)25-28(19(22)4)20-9-6-5-7-10-20/h5-7,9-10,16-17,21H,8,11-15H2,1-4H3/t16-,17-,21+/m0/s1. The van der Waals surface area contributed by atoms with Crippen LogP contribution in [0.4, 0.5) is 0 Å². The summed E-state index contributed by atoms with van der Waals surface area (Å²) in [5.74, 6) is -0.858. The van der Waals surface area contributed by atoms with Crippen molar-refractivity contribution in [2.45, 2.75) is 58.8 Å². The summed E-state index contributed by atoms with van der Waals surface area (Å²) in [7, 11) is 0. The monoisotopic (exact) mass is 424 g/mol. The Kier molecular flexibility index (Phi) is 6.25. The Morgan fingerprint density at radius 2 is 1.77 bits per heavy atom. The molecule has 7 heteroatoms. The second-order valence-electron chi connectivity index (χ2n) is 8.89. The lowest BCUT2D eigenvalue weighted by atomic mass is 10.1. The minimum absolute atomic E-state index is 0.0683. The van der Waals surface area contributed by atoms with Gasteiger partial charge >= 0.3 is 0 Å². The minimum Gasteiger partial charge on any atom is -0.373 e. The zero-order valence-electron chi connectivity index (χ0n) is 18.9. The van der Waals surface area contributed by atoms with Crippen LogP contribution in [-0.4, -0.2) is 75.7 Å². The van der Waals surface area contributed by atoms with Crippen molar-refractivity contribution in [2.24, 2.45) is 0 Å². The van der Waals surface area contributed by atoms with Gasteiger partial charge in [-0.2, -0.15) is 5.10 Å². The van der Waals surface area contributed by atoms with Crippen LogP contribution in [0.15, 0.2) is 30.3 Å². The first-order chi connectivity index (χ1) is 14.8. The third kappa shape index (κ3) is 4.43.